The minimum Gasteiger partial charge on any atom is -0.381 e. The number of hydrogen-bond donors (Lipinski definition) is 1. The predicted octanol–water partition coefficient (Wildman–Crippen LogP) is 3.52. The minimum atomic E-state index is -0.970. The molecule has 7 heteroatoms. The summed E-state index contributed by atoms with van der Waals surface area (Å²) in [5.74, 6) is 0.256. The van der Waals surface area contributed by atoms with Crippen molar-refractivity contribution in [3.8, 4) is 11.1 Å². The summed E-state index contributed by atoms with van der Waals surface area (Å²) >= 11 is 6.16. The molecule has 2 N–H and O–H groups in total. The number of carbonyl (C=O) groups is 1. The smallest absolute Gasteiger partial charge is 0.262 e. The highest BCUT2D eigenvalue weighted by atomic mass is 35.5. The van der Waals surface area contributed by atoms with E-state index in [0.717, 1.165) is 48.8 Å². The Labute approximate surface area is 181 Å². The van der Waals surface area contributed by atoms with Gasteiger partial charge in [0.2, 0.25) is 0 Å². The maximum atomic E-state index is 13.7. The second kappa shape index (κ2) is 6.79. The highest BCUT2D eigenvalue weighted by molar-refractivity contribution is 6.30. The van der Waals surface area contributed by atoms with Crippen LogP contribution in [0.4, 0.5) is 0 Å². The highest BCUT2D eigenvalue weighted by Gasteiger charge is 2.66. The van der Waals surface area contributed by atoms with E-state index >= 15 is 0 Å². The lowest BCUT2D eigenvalue weighted by atomic mass is 9.61. The Bertz CT molecular complexity index is 1060. The number of ether oxygens (including phenoxy) is 1. The fourth-order valence-electron chi connectivity index (χ4n) is 5.68. The van der Waals surface area contributed by atoms with Crippen LogP contribution >= 0.6 is 11.6 Å². The number of benzene rings is 1. The molecule has 156 valence electrons. The third-order valence-corrected chi connectivity index (χ3v) is 7.50. The monoisotopic (exact) mass is 424 g/mol. The Kier molecular flexibility index (Phi) is 4.42. The largest absolute Gasteiger partial charge is 0.381 e. The molecular formula is C23H25ClN4O2. The van der Waals surface area contributed by atoms with Gasteiger partial charge in [-0.3, -0.25) is 14.7 Å². The van der Waals surface area contributed by atoms with E-state index in [4.69, 9.17) is 27.1 Å². The standard InChI is InChI=1S/C23H25ClN4O2/c1-28-20(29)23(27-21(28)25)19-10-14(16-9-17(24)13-26-12-16)3-4-15(19)11-22(23)7-5-18(30-2)6-8-22/h3-4,9-10,12-13,18H,5-8,11H2,1-2H3,(H2,25,27). The van der Waals surface area contributed by atoms with Crippen molar-refractivity contribution in [2.75, 3.05) is 14.2 Å². The highest BCUT2D eigenvalue weighted by Crippen LogP contribution is 2.62. The zero-order valence-corrected chi connectivity index (χ0v) is 17.9. The molecule has 3 aliphatic rings. The maximum absolute atomic E-state index is 13.7. The first-order valence-electron chi connectivity index (χ1n) is 10.3. The first kappa shape index (κ1) is 19.5. The molecule has 1 amide bonds. The van der Waals surface area contributed by atoms with E-state index < -0.39 is 5.54 Å². The summed E-state index contributed by atoms with van der Waals surface area (Å²) in [4.78, 5) is 24.3. The predicted molar refractivity (Wildman–Crippen MR) is 116 cm³/mol. The van der Waals surface area contributed by atoms with Gasteiger partial charge in [0.1, 0.15) is 0 Å². The number of nitrogens with zero attached hydrogens (tertiary/aromatic N) is 3. The lowest BCUT2D eigenvalue weighted by molar-refractivity contribution is -0.137. The number of rotatable bonds is 2. The molecule has 30 heavy (non-hydrogen) atoms. The second-order valence-electron chi connectivity index (χ2n) is 8.70. The first-order chi connectivity index (χ1) is 14.4. The van der Waals surface area contributed by atoms with Crippen molar-refractivity contribution in [3.05, 3.63) is 52.8 Å². The molecule has 5 rings (SSSR count). The number of halogens is 1. The van der Waals surface area contributed by atoms with Crippen molar-refractivity contribution in [1.82, 2.24) is 9.88 Å². The Morgan fingerprint density at radius 2 is 1.97 bits per heavy atom. The van der Waals surface area contributed by atoms with E-state index in [1.54, 1.807) is 26.6 Å². The van der Waals surface area contributed by atoms with Gasteiger partial charge in [0.25, 0.3) is 5.91 Å². The van der Waals surface area contributed by atoms with E-state index in [1.807, 2.05) is 6.07 Å². The summed E-state index contributed by atoms with van der Waals surface area (Å²) < 4.78 is 5.60. The number of pyridine rings is 1. The molecule has 1 atom stereocenters. The van der Waals surface area contributed by atoms with Gasteiger partial charge in [-0.05, 0) is 60.9 Å². The lowest BCUT2D eigenvalue weighted by Crippen LogP contribution is -2.51. The topological polar surface area (TPSA) is 80.8 Å². The van der Waals surface area contributed by atoms with E-state index in [9.17, 15) is 4.79 Å². The van der Waals surface area contributed by atoms with Gasteiger partial charge in [-0.15, -0.1) is 0 Å². The summed E-state index contributed by atoms with van der Waals surface area (Å²) in [6, 6.07) is 8.18. The molecule has 0 radical (unpaired) electrons. The van der Waals surface area contributed by atoms with Crippen LogP contribution in [0.25, 0.3) is 11.1 Å². The Balaban J connectivity index is 1.67. The van der Waals surface area contributed by atoms with Crippen molar-refractivity contribution in [3.63, 3.8) is 0 Å². The van der Waals surface area contributed by atoms with Crippen LogP contribution in [0.1, 0.15) is 36.8 Å². The van der Waals surface area contributed by atoms with Gasteiger partial charge in [-0.1, -0.05) is 23.7 Å². The number of aliphatic imine (C=N–C) groups is 1. The molecule has 1 fully saturated rings. The van der Waals surface area contributed by atoms with Crippen LogP contribution in [-0.2, 0) is 21.5 Å². The number of likely N-dealkylation sites (N-methyl/N-ethyl adjacent to an activating group) is 1. The van der Waals surface area contributed by atoms with Crippen molar-refractivity contribution in [1.29, 1.82) is 0 Å². The van der Waals surface area contributed by atoms with E-state index in [2.05, 4.69) is 23.2 Å². The lowest BCUT2D eigenvalue weighted by Gasteiger charge is -2.45. The van der Waals surface area contributed by atoms with Crippen LogP contribution in [0, 0.1) is 5.41 Å². The summed E-state index contributed by atoms with van der Waals surface area (Å²) in [5, 5.41) is 0.580. The SMILES string of the molecule is COC1CCC2(CC1)Cc1ccc(-c3cncc(Cl)c3)cc1C21N=C(N)N(C)C1=O. The van der Waals surface area contributed by atoms with Crippen LogP contribution in [0.2, 0.25) is 5.02 Å². The number of aromatic nitrogens is 1. The maximum Gasteiger partial charge on any atom is 0.262 e. The van der Waals surface area contributed by atoms with Crippen molar-refractivity contribution >= 4 is 23.5 Å². The number of nitrogens with two attached hydrogens (primary N) is 1. The molecule has 2 aliphatic carbocycles. The molecule has 1 aromatic carbocycles. The molecule has 2 aromatic rings. The van der Waals surface area contributed by atoms with Gasteiger partial charge < -0.3 is 10.5 Å². The van der Waals surface area contributed by atoms with Gasteiger partial charge in [0, 0.05) is 37.5 Å². The summed E-state index contributed by atoms with van der Waals surface area (Å²) in [6.45, 7) is 0. The Morgan fingerprint density at radius 3 is 2.60 bits per heavy atom. The number of amides is 1. The number of carbonyl (C=O) groups excluding carboxylic acids is 1. The Morgan fingerprint density at radius 1 is 1.20 bits per heavy atom. The van der Waals surface area contributed by atoms with Crippen molar-refractivity contribution in [2.45, 2.75) is 43.7 Å². The molecule has 6 nitrogen and oxygen atoms in total. The van der Waals surface area contributed by atoms with Gasteiger partial charge in [-0.2, -0.15) is 0 Å². The molecule has 2 spiro atoms. The molecular weight excluding hydrogens is 400 g/mol. The van der Waals surface area contributed by atoms with Gasteiger partial charge >= 0.3 is 0 Å². The zero-order chi connectivity index (χ0) is 21.1. The van der Waals surface area contributed by atoms with E-state index in [-0.39, 0.29) is 23.4 Å². The molecule has 1 saturated carbocycles. The fourth-order valence-corrected chi connectivity index (χ4v) is 5.85. The average molecular weight is 425 g/mol. The average Bonchev–Trinajstić information content (AvgIpc) is 3.15. The van der Waals surface area contributed by atoms with Crippen LogP contribution in [-0.4, -0.2) is 42.0 Å². The van der Waals surface area contributed by atoms with E-state index in [0.29, 0.717) is 5.02 Å². The summed E-state index contributed by atoms with van der Waals surface area (Å²) in [7, 11) is 3.48. The first-order valence-corrected chi connectivity index (χ1v) is 10.7. The number of methoxy groups -OCH3 is 1. The van der Waals surface area contributed by atoms with Crippen LogP contribution in [0.5, 0.6) is 0 Å². The second-order valence-corrected chi connectivity index (χ2v) is 9.14. The minimum absolute atomic E-state index is 0.0315. The third-order valence-electron chi connectivity index (χ3n) is 7.30. The molecule has 2 heterocycles. The number of fused-ring (bicyclic) bond motifs is 3. The fraction of sp³-hybridized carbons (Fsp3) is 0.435. The Hall–Kier alpha value is -2.44. The van der Waals surface area contributed by atoms with Crippen LogP contribution in [0.15, 0.2) is 41.7 Å². The van der Waals surface area contributed by atoms with E-state index in [1.165, 1.54) is 10.5 Å². The number of hydrogen-bond acceptors (Lipinski definition) is 5. The number of guanidine groups is 1. The molecule has 1 aliphatic heterocycles. The van der Waals surface area contributed by atoms with Crippen LogP contribution in [0.3, 0.4) is 0 Å². The third kappa shape index (κ3) is 2.56. The molecule has 0 saturated heterocycles. The van der Waals surface area contributed by atoms with Gasteiger partial charge in [0.05, 0.1) is 11.1 Å². The quantitative estimate of drug-likeness (QED) is 0.799. The normalized spacial score (nSPS) is 30.2. The molecule has 1 aromatic heterocycles. The molecule has 0 bridgehead atoms. The van der Waals surface area contributed by atoms with Gasteiger partial charge in [0.15, 0.2) is 11.5 Å². The van der Waals surface area contributed by atoms with Crippen molar-refractivity contribution < 1.29 is 9.53 Å². The van der Waals surface area contributed by atoms with Crippen molar-refractivity contribution in [2.24, 2.45) is 16.1 Å². The van der Waals surface area contributed by atoms with Gasteiger partial charge in [-0.25, -0.2) is 4.99 Å². The summed E-state index contributed by atoms with van der Waals surface area (Å²) in [5.41, 5.74) is 8.98. The zero-order valence-electron chi connectivity index (χ0n) is 17.2. The van der Waals surface area contributed by atoms with Crippen LogP contribution < -0.4 is 5.73 Å². The summed E-state index contributed by atoms with van der Waals surface area (Å²) in [6.07, 6.45) is 8.06. The molecule has 1 unspecified atom stereocenters.